The Hall–Kier alpha value is -1.24. The monoisotopic (exact) mass is 285 g/mol. The van der Waals surface area contributed by atoms with E-state index in [0.29, 0.717) is 17.9 Å². The van der Waals surface area contributed by atoms with Crippen molar-refractivity contribution in [3.8, 4) is 6.01 Å². The molecule has 1 aromatic rings. The van der Waals surface area contributed by atoms with Crippen LogP contribution in [0.1, 0.15) is 27.7 Å². The minimum Gasteiger partial charge on any atom is -0.461 e. The lowest BCUT2D eigenvalue weighted by molar-refractivity contribution is 0.222. The molecule has 0 aliphatic heterocycles. The third-order valence-electron chi connectivity index (χ3n) is 2.40. The average Bonchev–Trinajstić information content (AvgIpc) is 2.35. The number of ether oxygens (including phenoxy) is 1. The molecule has 0 saturated carbocycles. The predicted molar refractivity (Wildman–Crippen MR) is 81.2 cm³/mol. The van der Waals surface area contributed by atoms with E-state index in [2.05, 4.69) is 45.7 Å². The highest BCUT2D eigenvalue weighted by Crippen LogP contribution is 2.21. The number of nitrogens with one attached hydrogen (secondary N) is 2. The summed E-state index contributed by atoms with van der Waals surface area (Å²) < 4.78 is 5.62. The van der Waals surface area contributed by atoms with Crippen molar-refractivity contribution in [2.45, 2.75) is 38.5 Å². The predicted octanol–water partition coefficient (Wildman–Crippen LogP) is 2.25. The van der Waals surface area contributed by atoms with Crippen LogP contribution in [0, 0.1) is 0 Å². The molecule has 2 N–H and O–H groups in total. The smallest absolute Gasteiger partial charge is 0.323 e. The summed E-state index contributed by atoms with van der Waals surface area (Å²) in [4.78, 5) is 12.7. The number of rotatable bonds is 7. The number of anilines is 2. The van der Waals surface area contributed by atoms with Gasteiger partial charge in [-0.05, 0) is 34.0 Å². The second-order valence-corrected chi connectivity index (χ2v) is 6.51. The van der Waals surface area contributed by atoms with Crippen molar-refractivity contribution in [2.24, 2.45) is 0 Å². The molecule has 108 valence electrons. The number of hydrogen-bond acceptors (Lipinski definition) is 7. The van der Waals surface area contributed by atoms with Crippen LogP contribution in [0.15, 0.2) is 0 Å². The highest BCUT2D eigenvalue weighted by Gasteiger charge is 2.17. The van der Waals surface area contributed by atoms with Crippen molar-refractivity contribution in [1.82, 2.24) is 15.0 Å². The highest BCUT2D eigenvalue weighted by atomic mass is 32.2. The van der Waals surface area contributed by atoms with Gasteiger partial charge in [0, 0.05) is 18.3 Å². The van der Waals surface area contributed by atoms with Gasteiger partial charge in [0.25, 0.3) is 0 Å². The van der Waals surface area contributed by atoms with Crippen LogP contribution >= 0.6 is 11.8 Å². The minimum absolute atomic E-state index is 0.0302. The minimum atomic E-state index is 0.0302. The topological polar surface area (TPSA) is 72.0 Å². The van der Waals surface area contributed by atoms with Crippen LogP contribution in [-0.2, 0) is 0 Å². The zero-order valence-electron chi connectivity index (χ0n) is 12.4. The fraction of sp³-hybridized carbons (Fsp3) is 0.750. The summed E-state index contributed by atoms with van der Waals surface area (Å²) in [5.74, 6) is 1.02. The first-order valence-corrected chi connectivity index (χ1v) is 7.48. The molecule has 0 aliphatic rings. The first-order valence-electron chi connectivity index (χ1n) is 6.26. The van der Waals surface area contributed by atoms with Crippen molar-refractivity contribution in [3.05, 3.63) is 0 Å². The maximum absolute atomic E-state index is 5.51. The summed E-state index contributed by atoms with van der Waals surface area (Å²) >= 11 is 1.79. The van der Waals surface area contributed by atoms with Crippen LogP contribution in [0.5, 0.6) is 6.01 Å². The lowest BCUT2D eigenvalue weighted by atomic mass is 10.2. The maximum atomic E-state index is 5.51. The number of aromatic nitrogens is 3. The molecule has 0 saturated heterocycles. The van der Waals surface area contributed by atoms with E-state index >= 15 is 0 Å². The summed E-state index contributed by atoms with van der Waals surface area (Å²) in [5.41, 5.74) is 0. The summed E-state index contributed by atoms with van der Waals surface area (Å²) in [7, 11) is 1.77. The summed E-state index contributed by atoms with van der Waals surface area (Å²) in [6.07, 6.45) is 2.11. The van der Waals surface area contributed by atoms with Crippen molar-refractivity contribution >= 4 is 23.7 Å². The van der Waals surface area contributed by atoms with Gasteiger partial charge >= 0.3 is 6.01 Å². The van der Waals surface area contributed by atoms with Gasteiger partial charge in [0.15, 0.2) is 0 Å². The molecule has 6 nitrogen and oxygen atoms in total. The molecule has 0 fully saturated rings. The zero-order valence-corrected chi connectivity index (χ0v) is 13.3. The van der Waals surface area contributed by atoms with Crippen molar-refractivity contribution < 1.29 is 4.74 Å². The molecule has 0 bridgehead atoms. The molecule has 0 amide bonds. The third kappa shape index (κ3) is 5.50. The maximum Gasteiger partial charge on any atom is 0.323 e. The van der Waals surface area contributed by atoms with Gasteiger partial charge in [0.05, 0.1) is 6.10 Å². The zero-order chi connectivity index (χ0) is 14.5. The van der Waals surface area contributed by atoms with Crippen LogP contribution in [-0.4, -0.2) is 45.7 Å². The Labute approximate surface area is 119 Å². The van der Waals surface area contributed by atoms with Gasteiger partial charge in [-0.3, -0.25) is 0 Å². The van der Waals surface area contributed by atoms with E-state index in [4.69, 9.17) is 4.74 Å². The van der Waals surface area contributed by atoms with E-state index in [0.717, 1.165) is 6.54 Å². The Morgan fingerprint density at radius 1 is 1.21 bits per heavy atom. The average molecular weight is 285 g/mol. The summed E-state index contributed by atoms with van der Waals surface area (Å²) in [6.45, 7) is 8.97. The van der Waals surface area contributed by atoms with Crippen LogP contribution in [0.2, 0.25) is 0 Å². The second-order valence-electron chi connectivity index (χ2n) is 5.00. The third-order valence-corrected chi connectivity index (χ3v) is 3.65. The van der Waals surface area contributed by atoms with Crippen LogP contribution in [0.3, 0.4) is 0 Å². The molecule has 0 aliphatic carbocycles. The van der Waals surface area contributed by atoms with Gasteiger partial charge in [-0.15, -0.1) is 0 Å². The Balaban J connectivity index is 2.82. The van der Waals surface area contributed by atoms with Gasteiger partial charge < -0.3 is 15.4 Å². The Bertz CT molecular complexity index is 411. The summed E-state index contributed by atoms with van der Waals surface area (Å²) in [5, 5.41) is 6.13. The number of nitrogens with zero attached hydrogens (tertiary/aromatic N) is 3. The van der Waals surface area contributed by atoms with E-state index in [-0.39, 0.29) is 10.9 Å². The lowest BCUT2D eigenvalue weighted by Gasteiger charge is -2.22. The molecule has 0 unspecified atom stereocenters. The van der Waals surface area contributed by atoms with Gasteiger partial charge in [0.2, 0.25) is 11.9 Å². The first kappa shape index (κ1) is 15.8. The Morgan fingerprint density at radius 2 is 1.84 bits per heavy atom. The van der Waals surface area contributed by atoms with E-state index in [1.807, 2.05) is 13.8 Å². The van der Waals surface area contributed by atoms with E-state index in [1.165, 1.54) is 0 Å². The van der Waals surface area contributed by atoms with Gasteiger partial charge in [0.1, 0.15) is 0 Å². The van der Waals surface area contributed by atoms with Crippen molar-refractivity contribution in [1.29, 1.82) is 0 Å². The second kappa shape index (κ2) is 6.79. The first-order chi connectivity index (χ1) is 8.86. The van der Waals surface area contributed by atoms with Crippen LogP contribution in [0.4, 0.5) is 11.9 Å². The van der Waals surface area contributed by atoms with E-state index in [9.17, 15) is 0 Å². The normalized spacial score (nSPS) is 11.5. The number of thioether (sulfide) groups is 1. The van der Waals surface area contributed by atoms with Gasteiger partial charge in [-0.2, -0.15) is 26.7 Å². The quantitative estimate of drug-likeness (QED) is 0.796. The standard InChI is InChI=1S/C12H23N5OS/c1-8(2)18-11-16-9(13-5)15-10(17-11)14-7-12(3,4)19-6/h8H,7H2,1-6H3,(H2,13,14,15,16,17). The molecule has 0 aromatic carbocycles. The van der Waals surface area contributed by atoms with Crippen LogP contribution in [0.25, 0.3) is 0 Å². The molecule has 1 heterocycles. The Kier molecular flexibility index (Phi) is 5.65. The molecule has 1 rings (SSSR count). The number of hydrogen-bond donors (Lipinski definition) is 2. The van der Waals surface area contributed by atoms with Gasteiger partial charge in [-0.1, -0.05) is 0 Å². The fourth-order valence-corrected chi connectivity index (χ4v) is 1.39. The summed E-state index contributed by atoms with van der Waals surface area (Å²) in [6, 6.07) is 0.332. The molecule has 0 spiro atoms. The van der Waals surface area contributed by atoms with E-state index in [1.54, 1.807) is 18.8 Å². The molecule has 0 atom stereocenters. The highest BCUT2D eigenvalue weighted by molar-refractivity contribution is 7.99. The molecular weight excluding hydrogens is 262 g/mol. The lowest BCUT2D eigenvalue weighted by Crippen LogP contribution is -2.27. The SMILES string of the molecule is CNc1nc(NCC(C)(C)SC)nc(OC(C)C)n1. The molecule has 7 heteroatoms. The van der Waals surface area contributed by atoms with E-state index < -0.39 is 0 Å². The molecule has 1 aromatic heterocycles. The molecule has 0 radical (unpaired) electrons. The molecular formula is C12H23N5OS. The Morgan fingerprint density at radius 3 is 2.37 bits per heavy atom. The molecule has 19 heavy (non-hydrogen) atoms. The largest absolute Gasteiger partial charge is 0.461 e. The van der Waals surface area contributed by atoms with Crippen molar-refractivity contribution in [2.75, 3.05) is 30.5 Å². The van der Waals surface area contributed by atoms with Gasteiger partial charge in [-0.25, -0.2) is 0 Å². The fourth-order valence-electron chi connectivity index (χ4n) is 1.17. The van der Waals surface area contributed by atoms with Crippen LogP contribution < -0.4 is 15.4 Å². The van der Waals surface area contributed by atoms with Crippen molar-refractivity contribution in [3.63, 3.8) is 0 Å².